The van der Waals surface area contributed by atoms with Crippen LogP contribution in [0.25, 0.3) is 0 Å². The number of nitrogens with one attached hydrogen (secondary N) is 2. The lowest BCUT2D eigenvalue weighted by Gasteiger charge is -2.22. The summed E-state index contributed by atoms with van der Waals surface area (Å²) in [4.78, 5) is 3.62. The lowest BCUT2D eigenvalue weighted by molar-refractivity contribution is -0.0476. The van der Waals surface area contributed by atoms with Crippen molar-refractivity contribution in [2.75, 3.05) is 31.6 Å². The number of aliphatic imine (C=N–C) groups is 1. The average Bonchev–Trinajstić information content (AvgIpc) is 3.07. The molecule has 5 nitrogen and oxygen atoms in total. The molecule has 2 aliphatic rings. The number of nitrogens with zero attached hydrogens (tertiary/aromatic N) is 1. The van der Waals surface area contributed by atoms with E-state index in [0.29, 0.717) is 17.8 Å². The molecular formula is C16H20F3N3O2. The summed E-state index contributed by atoms with van der Waals surface area (Å²) >= 11 is 0. The lowest BCUT2D eigenvalue weighted by atomic mass is 10.1. The van der Waals surface area contributed by atoms with E-state index in [-0.39, 0.29) is 24.5 Å². The summed E-state index contributed by atoms with van der Waals surface area (Å²) in [6.45, 7) is 0.0649. The molecule has 2 heterocycles. The monoisotopic (exact) mass is 343 g/mol. The molecular weight excluding hydrogens is 323 g/mol. The molecule has 2 aliphatic heterocycles. The Hall–Kier alpha value is -1.96. The minimum Gasteiger partial charge on any atom is -0.459 e. The van der Waals surface area contributed by atoms with Crippen molar-refractivity contribution >= 4 is 11.7 Å². The molecule has 1 saturated heterocycles. The van der Waals surface area contributed by atoms with Gasteiger partial charge in [-0.05, 0) is 18.9 Å². The van der Waals surface area contributed by atoms with Crippen LogP contribution < -0.4 is 10.6 Å². The number of anilines is 1. The molecule has 0 unspecified atom stereocenters. The average molecular weight is 343 g/mol. The summed E-state index contributed by atoms with van der Waals surface area (Å²) in [5.41, 5.74) is 0.791. The second kappa shape index (κ2) is 7.29. The molecule has 0 aliphatic carbocycles. The van der Waals surface area contributed by atoms with Crippen LogP contribution in [-0.4, -0.2) is 44.4 Å². The van der Waals surface area contributed by atoms with E-state index in [2.05, 4.69) is 15.6 Å². The van der Waals surface area contributed by atoms with Crippen molar-refractivity contribution in [1.29, 1.82) is 0 Å². The van der Waals surface area contributed by atoms with E-state index in [1.165, 1.54) is 0 Å². The van der Waals surface area contributed by atoms with Crippen LogP contribution in [0, 0.1) is 5.82 Å². The van der Waals surface area contributed by atoms with Crippen LogP contribution >= 0.6 is 0 Å². The van der Waals surface area contributed by atoms with Crippen molar-refractivity contribution in [2.24, 2.45) is 4.99 Å². The van der Waals surface area contributed by atoms with Gasteiger partial charge in [-0.15, -0.1) is 0 Å². The van der Waals surface area contributed by atoms with Gasteiger partial charge in [0.15, 0.2) is 12.4 Å². The predicted molar refractivity (Wildman–Crippen MR) is 83.9 cm³/mol. The second-order valence-electron chi connectivity index (χ2n) is 5.91. The number of hydrogen-bond acceptors (Lipinski definition) is 5. The zero-order chi connectivity index (χ0) is 17.0. The Labute approximate surface area is 138 Å². The Balaban J connectivity index is 1.56. The van der Waals surface area contributed by atoms with Crippen LogP contribution in [0.15, 0.2) is 23.2 Å². The summed E-state index contributed by atoms with van der Waals surface area (Å²) < 4.78 is 50.7. The van der Waals surface area contributed by atoms with E-state index in [0.717, 1.165) is 19.4 Å². The zero-order valence-corrected chi connectivity index (χ0v) is 13.2. The van der Waals surface area contributed by atoms with E-state index < -0.39 is 19.1 Å². The van der Waals surface area contributed by atoms with Gasteiger partial charge in [0.1, 0.15) is 6.54 Å². The molecule has 0 aromatic heterocycles. The third kappa shape index (κ3) is 4.31. The van der Waals surface area contributed by atoms with Crippen LogP contribution in [0.2, 0.25) is 0 Å². The maximum atomic E-state index is 14.5. The fourth-order valence-electron chi connectivity index (χ4n) is 2.61. The van der Waals surface area contributed by atoms with Crippen molar-refractivity contribution in [3.8, 4) is 0 Å². The smallest absolute Gasteiger partial charge is 0.300 e. The first-order chi connectivity index (χ1) is 11.5. The molecule has 24 heavy (non-hydrogen) atoms. The van der Waals surface area contributed by atoms with Gasteiger partial charge in [0.25, 0.3) is 6.02 Å². The Kier molecular flexibility index (Phi) is 5.13. The van der Waals surface area contributed by atoms with Gasteiger partial charge in [0, 0.05) is 25.3 Å². The maximum Gasteiger partial charge on any atom is 0.300 e. The highest BCUT2D eigenvalue weighted by molar-refractivity contribution is 5.74. The highest BCUT2D eigenvalue weighted by Crippen LogP contribution is 2.21. The molecule has 0 saturated carbocycles. The standard InChI is InChI=1S/C16H20F3N3O2/c17-14-11(7-21-15-22-9-16(18,19)10-24-15)3-1-5-13(14)20-8-12-4-2-6-23-12/h1,3,5,12,20H,2,4,6-10H2,(H,21,22)/t12-/m1/s1. The maximum absolute atomic E-state index is 14.5. The first-order valence-corrected chi connectivity index (χ1v) is 7.95. The van der Waals surface area contributed by atoms with Gasteiger partial charge >= 0.3 is 5.92 Å². The molecule has 1 atom stereocenters. The summed E-state index contributed by atoms with van der Waals surface area (Å²) in [5.74, 6) is -3.33. The molecule has 3 rings (SSSR count). The third-order valence-corrected chi connectivity index (χ3v) is 3.93. The minimum atomic E-state index is -2.94. The van der Waals surface area contributed by atoms with E-state index in [4.69, 9.17) is 9.47 Å². The lowest BCUT2D eigenvalue weighted by Crippen LogP contribution is -2.39. The topological polar surface area (TPSA) is 54.9 Å². The fraction of sp³-hybridized carbons (Fsp3) is 0.562. The molecule has 0 bridgehead atoms. The normalized spacial score (nSPS) is 22.6. The number of alkyl halides is 2. The molecule has 1 aromatic carbocycles. The molecule has 0 spiro atoms. The summed E-state index contributed by atoms with van der Waals surface area (Å²) in [7, 11) is 0. The van der Waals surface area contributed by atoms with E-state index in [1.807, 2.05) is 0 Å². The molecule has 1 fully saturated rings. The van der Waals surface area contributed by atoms with Gasteiger partial charge in [-0.3, -0.25) is 0 Å². The van der Waals surface area contributed by atoms with Crippen LogP contribution in [-0.2, 0) is 16.0 Å². The Morgan fingerprint density at radius 2 is 2.17 bits per heavy atom. The van der Waals surface area contributed by atoms with Crippen molar-refractivity contribution < 1.29 is 22.6 Å². The van der Waals surface area contributed by atoms with Crippen LogP contribution in [0.5, 0.6) is 0 Å². The number of hydrogen-bond donors (Lipinski definition) is 2. The van der Waals surface area contributed by atoms with E-state index in [9.17, 15) is 13.2 Å². The van der Waals surface area contributed by atoms with E-state index >= 15 is 0 Å². The third-order valence-electron chi connectivity index (χ3n) is 3.93. The van der Waals surface area contributed by atoms with Gasteiger partial charge < -0.3 is 20.1 Å². The highest BCUT2D eigenvalue weighted by atomic mass is 19.3. The van der Waals surface area contributed by atoms with Gasteiger partial charge in [-0.1, -0.05) is 12.1 Å². The van der Waals surface area contributed by atoms with Crippen LogP contribution in [0.3, 0.4) is 0 Å². The van der Waals surface area contributed by atoms with Crippen molar-refractivity contribution in [2.45, 2.75) is 31.4 Å². The zero-order valence-electron chi connectivity index (χ0n) is 13.2. The van der Waals surface area contributed by atoms with Crippen LogP contribution in [0.4, 0.5) is 18.9 Å². The summed E-state index contributed by atoms with van der Waals surface area (Å²) in [6.07, 6.45) is 2.11. The van der Waals surface area contributed by atoms with Gasteiger partial charge in [-0.2, -0.15) is 0 Å². The van der Waals surface area contributed by atoms with Crippen molar-refractivity contribution in [3.05, 3.63) is 29.6 Å². The predicted octanol–water partition coefficient (Wildman–Crippen LogP) is 2.53. The second-order valence-corrected chi connectivity index (χ2v) is 5.91. The first-order valence-electron chi connectivity index (χ1n) is 7.95. The number of halogens is 3. The first kappa shape index (κ1) is 16.9. The van der Waals surface area contributed by atoms with Crippen molar-refractivity contribution in [1.82, 2.24) is 5.32 Å². The molecule has 8 heteroatoms. The summed E-state index contributed by atoms with van der Waals surface area (Å²) in [6, 6.07) is 5.02. The molecule has 1 aromatic rings. The van der Waals surface area contributed by atoms with E-state index in [1.54, 1.807) is 18.2 Å². The van der Waals surface area contributed by atoms with Gasteiger partial charge in [0.05, 0.1) is 11.8 Å². The Bertz CT molecular complexity index is 604. The summed E-state index contributed by atoms with van der Waals surface area (Å²) in [5, 5.41) is 5.80. The molecule has 2 N–H and O–H groups in total. The Morgan fingerprint density at radius 1 is 1.29 bits per heavy atom. The van der Waals surface area contributed by atoms with Crippen molar-refractivity contribution in [3.63, 3.8) is 0 Å². The number of rotatable bonds is 5. The van der Waals surface area contributed by atoms with Gasteiger partial charge in [-0.25, -0.2) is 18.2 Å². The quantitative estimate of drug-likeness (QED) is 0.863. The number of ether oxygens (including phenoxy) is 2. The number of benzene rings is 1. The Morgan fingerprint density at radius 3 is 2.88 bits per heavy atom. The molecule has 0 amide bonds. The fourth-order valence-corrected chi connectivity index (χ4v) is 2.61. The largest absolute Gasteiger partial charge is 0.459 e. The molecule has 0 radical (unpaired) electrons. The highest BCUT2D eigenvalue weighted by Gasteiger charge is 2.33. The molecule has 132 valence electrons. The van der Waals surface area contributed by atoms with Gasteiger partial charge in [0.2, 0.25) is 0 Å². The SMILES string of the molecule is Fc1c(CNC2=NCC(F)(F)CO2)cccc1NC[C@H]1CCCO1. The number of amidine groups is 1. The van der Waals surface area contributed by atoms with Crippen LogP contribution in [0.1, 0.15) is 18.4 Å². The minimum absolute atomic E-state index is 0.0121.